The number of ether oxygens (including phenoxy) is 2. The first-order valence-electron chi connectivity index (χ1n) is 4.32. The third kappa shape index (κ3) is 1.28. The van der Waals surface area contributed by atoms with E-state index in [0.29, 0.717) is 0 Å². The predicted octanol–water partition coefficient (Wildman–Crippen LogP) is 0.501. The fourth-order valence-corrected chi connectivity index (χ4v) is 1.65. The zero-order valence-electron chi connectivity index (χ0n) is 6.93. The second-order valence-electron chi connectivity index (χ2n) is 3.44. The van der Waals surface area contributed by atoms with Gasteiger partial charge in [-0.05, 0) is 12.8 Å². The zero-order valence-corrected chi connectivity index (χ0v) is 6.93. The van der Waals surface area contributed by atoms with Crippen LogP contribution in [0.2, 0.25) is 0 Å². The van der Waals surface area contributed by atoms with Crippen molar-refractivity contribution in [3.63, 3.8) is 0 Å². The van der Waals surface area contributed by atoms with Gasteiger partial charge < -0.3 is 9.47 Å². The van der Waals surface area contributed by atoms with E-state index in [9.17, 15) is 0 Å². The summed E-state index contributed by atoms with van der Waals surface area (Å²) in [7, 11) is 0. The lowest BCUT2D eigenvalue weighted by Crippen LogP contribution is -2.66. The van der Waals surface area contributed by atoms with E-state index in [1.54, 1.807) is 0 Å². The van der Waals surface area contributed by atoms with Crippen molar-refractivity contribution >= 4 is 0 Å². The van der Waals surface area contributed by atoms with Crippen molar-refractivity contribution in [1.29, 1.82) is 0 Å². The number of hydrogen-bond acceptors (Lipinski definition) is 3. The minimum absolute atomic E-state index is 0.257. The molecule has 64 valence electrons. The van der Waals surface area contributed by atoms with Crippen LogP contribution in [-0.4, -0.2) is 31.6 Å². The number of hydrogen-bond donors (Lipinski definition) is 1. The van der Waals surface area contributed by atoms with Crippen LogP contribution in [0.25, 0.3) is 0 Å². The van der Waals surface area contributed by atoms with Crippen LogP contribution >= 0.6 is 0 Å². The summed E-state index contributed by atoms with van der Waals surface area (Å²) < 4.78 is 10.7. The Labute approximate surface area is 67.1 Å². The van der Waals surface area contributed by atoms with Crippen molar-refractivity contribution in [2.24, 2.45) is 0 Å². The van der Waals surface area contributed by atoms with Crippen molar-refractivity contribution < 1.29 is 9.47 Å². The smallest absolute Gasteiger partial charge is 0.108 e. The van der Waals surface area contributed by atoms with Gasteiger partial charge in [0, 0.05) is 0 Å². The molecule has 3 heteroatoms. The molecule has 0 aliphatic carbocycles. The fourth-order valence-electron chi connectivity index (χ4n) is 1.65. The normalized spacial score (nSPS) is 35.2. The molecule has 1 atom stereocenters. The van der Waals surface area contributed by atoms with Gasteiger partial charge in [0.15, 0.2) is 0 Å². The monoisotopic (exact) mass is 157 g/mol. The van der Waals surface area contributed by atoms with Gasteiger partial charge in [-0.3, -0.25) is 5.32 Å². The molecule has 2 heterocycles. The summed E-state index contributed by atoms with van der Waals surface area (Å²) in [4.78, 5) is 0. The van der Waals surface area contributed by atoms with E-state index in [2.05, 4.69) is 12.2 Å². The summed E-state index contributed by atoms with van der Waals surface area (Å²) in [6, 6.07) is 0. The Bertz CT molecular complexity index is 145. The molecule has 0 aromatic heterocycles. The molecule has 1 unspecified atom stereocenters. The molecule has 2 saturated heterocycles. The Kier molecular flexibility index (Phi) is 1.87. The molecule has 2 aliphatic heterocycles. The first-order chi connectivity index (χ1) is 5.35. The van der Waals surface area contributed by atoms with Crippen molar-refractivity contribution in [2.45, 2.75) is 31.5 Å². The molecular weight excluding hydrogens is 142 g/mol. The summed E-state index contributed by atoms with van der Waals surface area (Å²) in [5.41, 5.74) is 0.277. The van der Waals surface area contributed by atoms with E-state index < -0.39 is 0 Å². The fraction of sp³-hybridized carbons (Fsp3) is 1.00. The van der Waals surface area contributed by atoms with Gasteiger partial charge >= 0.3 is 0 Å². The van der Waals surface area contributed by atoms with Crippen LogP contribution in [0.4, 0.5) is 0 Å². The van der Waals surface area contributed by atoms with Gasteiger partial charge in [-0.25, -0.2) is 0 Å². The Balaban J connectivity index is 1.92. The van der Waals surface area contributed by atoms with Crippen molar-refractivity contribution in [2.75, 3.05) is 19.8 Å². The molecule has 2 fully saturated rings. The maximum Gasteiger partial charge on any atom is 0.108 e. The topological polar surface area (TPSA) is 30.5 Å². The molecule has 1 spiro atoms. The minimum atomic E-state index is 0.257. The highest BCUT2D eigenvalue weighted by molar-refractivity contribution is 4.96. The third-order valence-electron chi connectivity index (χ3n) is 2.49. The number of rotatable bonds is 1. The van der Waals surface area contributed by atoms with Crippen LogP contribution in [0.15, 0.2) is 0 Å². The predicted molar refractivity (Wildman–Crippen MR) is 41.3 cm³/mol. The molecule has 3 nitrogen and oxygen atoms in total. The second-order valence-corrected chi connectivity index (χ2v) is 3.44. The van der Waals surface area contributed by atoms with Crippen LogP contribution in [0.3, 0.4) is 0 Å². The summed E-state index contributed by atoms with van der Waals surface area (Å²) >= 11 is 0. The Morgan fingerprint density at radius 3 is 2.91 bits per heavy atom. The molecule has 0 aromatic rings. The maximum atomic E-state index is 5.49. The largest absolute Gasteiger partial charge is 0.377 e. The summed E-state index contributed by atoms with van der Waals surface area (Å²) in [6.45, 7) is 4.75. The third-order valence-corrected chi connectivity index (χ3v) is 2.49. The average Bonchev–Trinajstić information content (AvgIpc) is 2.02. The molecule has 0 bridgehead atoms. The van der Waals surface area contributed by atoms with Crippen molar-refractivity contribution in [3.8, 4) is 0 Å². The van der Waals surface area contributed by atoms with Gasteiger partial charge in [0.25, 0.3) is 0 Å². The standard InChI is InChI=1S/C8H15NO2/c1-2-7-9-8(3-4-11-7)5-10-6-8/h7,9H,2-6H2,1H3. The summed E-state index contributed by atoms with van der Waals surface area (Å²) in [5.74, 6) is 0. The molecule has 0 aromatic carbocycles. The van der Waals surface area contributed by atoms with E-state index >= 15 is 0 Å². The van der Waals surface area contributed by atoms with Gasteiger partial charge in [-0.2, -0.15) is 0 Å². The van der Waals surface area contributed by atoms with Gasteiger partial charge in [0.1, 0.15) is 6.23 Å². The maximum absolute atomic E-state index is 5.49. The molecule has 2 aliphatic rings. The Morgan fingerprint density at radius 1 is 1.55 bits per heavy atom. The Hall–Kier alpha value is -0.120. The minimum Gasteiger partial charge on any atom is -0.377 e. The molecule has 0 amide bonds. The highest BCUT2D eigenvalue weighted by Gasteiger charge is 2.42. The quantitative estimate of drug-likeness (QED) is 0.601. The van der Waals surface area contributed by atoms with Gasteiger partial charge in [-0.1, -0.05) is 6.92 Å². The van der Waals surface area contributed by atoms with Crippen molar-refractivity contribution in [1.82, 2.24) is 5.32 Å². The molecule has 0 radical (unpaired) electrons. The summed E-state index contributed by atoms with van der Waals surface area (Å²) in [6.07, 6.45) is 2.40. The number of nitrogens with one attached hydrogen (secondary N) is 1. The molecule has 1 N–H and O–H groups in total. The molecule has 11 heavy (non-hydrogen) atoms. The van der Waals surface area contributed by atoms with E-state index in [-0.39, 0.29) is 11.8 Å². The van der Waals surface area contributed by atoms with E-state index in [1.165, 1.54) is 0 Å². The van der Waals surface area contributed by atoms with Gasteiger partial charge in [-0.15, -0.1) is 0 Å². The van der Waals surface area contributed by atoms with Crippen LogP contribution in [0.1, 0.15) is 19.8 Å². The van der Waals surface area contributed by atoms with Crippen LogP contribution in [0.5, 0.6) is 0 Å². The van der Waals surface area contributed by atoms with E-state index in [0.717, 1.165) is 32.7 Å². The van der Waals surface area contributed by atoms with Crippen LogP contribution < -0.4 is 5.32 Å². The SMILES string of the molecule is CCC1NC2(CCO1)COC2. The lowest BCUT2D eigenvalue weighted by Gasteiger charge is -2.47. The first-order valence-corrected chi connectivity index (χ1v) is 4.32. The highest BCUT2D eigenvalue weighted by atomic mass is 16.5. The molecular formula is C8H15NO2. The zero-order chi connectivity index (χ0) is 7.73. The lowest BCUT2D eigenvalue weighted by molar-refractivity contribution is -0.152. The summed E-state index contributed by atoms with van der Waals surface area (Å²) in [5, 5.41) is 3.47. The highest BCUT2D eigenvalue weighted by Crippen LogP contribution is 2.25. The van der Waals surface area contributed by atoms with E-state index in [1.807, 2.05) is 0 Å². The average molecular weight is 157 g/mol. The lowest BCUT2D eigenvalue weighted by atomic mass is 9.92. The molecule has 0 saturated carbocycles. The molecule has 2 rings (SSSR count). The van der Waals surface area contributed by atoms with E-state index in [4.69, 9.17) is 9.47 Å². The van der Waals surface area contributed by atoms with Gasteiger partial charge in [0.2, 0.25) is 0 Å². The van der Waals surface area contributed by atoms with Gasteiger partial charge in [0.05, 0.1) is 25.4 Å². The second kappa shape index (κ2) is 2.73. The van der Waals surface area contributed by atoms with Crippen LogP contribution in [0, 0.1) is 0 Å². The Morgan fingerprint density at radius 2 is 2.36 bits per heavy atom. The van der Waals surface area contributed by atoms with Crippen LogP contribution in [-0.2, 0) is 9.47 Å². The first kappa shape index (κ1) is 7.53. The van der Waals surface area contributed by atoms with Crippen molar-refractivity contribution in [3.05, 3.63) is 0 Å².